The van der Waals surface area contributed by atoms with E-state index in [1.54, 1.807) is 11.3 Å². The van der Waals surface area contributed by atoms with Crippen molar-refractivity contribution >= 4 is 39.6 Å². The summed E-state index contributed by atoms with van der Waals surface area (Å²) in [5.74, 6) is -0.459. The smallest absolute Gasteiger partial charge is 0.248 e. The van der Waals surface area contributed by atoms with Crippen LogP contribution in [-0.2, 0) is 9.59 Å². The summed E-state index contributed by atoms with van der Waals surface area (Å²) in [6.45, 7) is 7.23. The number of carbonyl (C=O) groups is 2. The van der Waals surface area contributed by atoms with Crippen molar-refractivity contribution in [3.63, 3.8) is 0 Å². The van der Waals surface area contributed by atoms with Crippen molar-refractivity contribution in [2.75, 3.05) is 5.32 Å². The quantitative estimate of drug-likeness (QED) is 0.879. The topological polar surface area (TPSA) is 71.1 Å². The van der Waals surface area contributed by atoms with Crippen LogP contribution in [0.25, 0.3) is 10.6 Å². The number of hydrogen-bond acceptors (Lipinski definition) is 5. The first-order valence-electron chi connectivity index (χ1n) is 6.97. The summed E-state index contributed by atoms with van der Waals surface area (Å²) in [4.78, 5) is 30.2. The van der Waals surface area contributed by atoms with E-state index in [-0.39, 0.29) is 17.7 Å². The van der Waals surface area contributed by atoms with Gasteiger partial charge in [0.25, 0.3) is 0 Å². The number of hydrogen-bond donors (Lipinski definition) is 2. The molecule has 2 rings (SSSR count). The van der Waals surface area contributed by atoms with Crippen LogP contribution in [0, 0.1) is 12.8 Å². The normalized spacial score (nSPS) is 12.2. The van der Waals surface area contributed by atoms with Gasteiger partial charge in [-0.2, -0.15) is 0 Å². The predicted molar refractivity (Wildman–Crippen MR) is 91.2 cm³/mol. The third-order valence-corrected chi connectivity index (χ3v) is 4.82. The Balaban J connectivity index is 2.08. The van der Waals surface area contributed by atoms with Gasteiger partial charge in [0.05, 0.1) is 10.6 Å². The third kappa shape index (κ3) is 4.14. The minimum absolute atomic E-state index is 0.00304. The zero-order valence-electron chi connectivity index (χ0n) is 13.0. The highest BCUT2D eigenvalue weighted by Crippen LogP contribution is 2.30. The Labute approximate surface area is 137 Å². The van der Waals surface area contributed by atoms with Crippen LogP contribution >= 0.6 is 22.7 Å². The largest absolute Gasteiger partial charge is 0.344 e. The molecule has 0 aromatic carbocycles. The summed E-state index contributed by atoms with van der Waals surface area (Å²) in [5, 5.41) is 7.92. The molecule has 0 radical (unpaired) electrons. The maximum absolute atomic E-state index is 12.3. The molecule has 0 spiro atoms. The third-order valence-electron chi connectivity index (χ3n) is 3.04. The highest BCUT2D eigenvalue weighted by molar-refractivity contribution is 7.17. The average Bonchev–Trinajstić information content (AvgIpc) is 3.04. The van der Waals surface area contributed by atoms with E-state index in [1.807, 2.05) is 38.3 Å². The van der Waals surface area contributed by atoms with Gasteiger partial charge in [0.2, 0.25) is 11.8 Å². The fourth-order valence-electron chi connectivity index (χ4n) is 1.95. The molecule has 2 aromatic heterocycles. The number of amides is 2. The SMILES string of the molecule is CC(=O)N[C@@H](C(=O)Nc1nc(-c2ccc(C)s2)cs1)C(C)C. The number of thiazole rings is 1. The van der Waals surface area contributed by atoms with E-state index >= 15 is 0 Å². The number of anilines is 1. The standard InChI is InChI=1S/C15H19N3O2S2/c1-8(2)13(16-10(4)19)14(20)18-15-17-11(7-21-15)12-6-5-9(3)22-12/h5-8,13H,1-4H3,(H,16,19)(H,17,18,20)/t13-/m1/s1. The summed E-state index contributed by atoms with van der Waals surface area (Å²) >= 11 is 3.05. The van der Waals surface area contributed by atoms with Crippen molar-refractivity contribution < 1.29 is 9.59 Å². The van der Waals surface area contributed by atoms with Crippen molar-refractivity contribution in [2.45, 2.75) is 33.7 Å². The number of rotatable bonds is 5. The van der Waals surface area contributed by atoms with Gasteiger partial charge >= 0.3 is 0 Å². The Hall–Kier alpha value is -1.73. The Bertz CT molecular complexity index is 676. The minimum Gasteiger partial charge on any atom is -0.344 e. The molecule has 1 atom stereocenters. The van der Waals surface area contributed by atoms with Gasteiger partial charge in [-0.25, -0.2) is 4.98 Å². The van der Waals surface area contributed by atoms with E-state index in [4.69, 9.17) is 0 Å². The fraction of sp³-hybridized carbons (Fsp3) is 0.400. The summed E-state index contributed by atoms with van der Waals surface area (Å²) < 4.78 is 0. The van der Waals surface area contributed by atoms with Gasteiger partial charge in [-0.05, 0) is 25.0 Å². The molecule has 0 bridgehead atoms. The molecule has 0 fully saturated rings. The van der Waals surface area contributed by atoms with Gasteiger partial charge in [0.1, 0.15) is 6.04 Å². The molecule has 0 saturated carbocycles. The van der Waals surface area contributed by atoms with Crippen LogP contribution in [0.15, 0.2) is 17.5 Å². The molecule has 5 nitrogen and oxygen atoms in total. The monoisotopic (exact) mass is 337 g/mol. The summed E-state index contributed by atoms with van der Waals surface area (Å²) in [6.07, 6.45) is 0. The van der Waals surface area contributed by atoms with Crippen molar-refractivity contribution in [1.82, 2.24) is 10.3 Å². The minimum atomic E-state index is -0.561. The summed E-state index contributed by atoms with van der Waals surface area (Å²) in [6, 6.07) is 3.51. The second kappa shape index (κ2) is 7.02. The fourth-order valence-corrected chi connectivity index (χ4v) is 3.57. The molecule has 0 aliphatic carbocycles. The molecular weight excluding hydrogens is 318 g/mol. The number of aromatic nitrogens is 1. The number of carbonyl (C=O) groups excluding carboxylic acids is 2. The van der Waals surface area contributed by atoms with Crippen LogP contribution in [0.2, 0.25) is 0 Å². The molecule has 2 amide bonds. The van der Waals surface area contributed by atoms with Gasteiger partial charge < -0.3 is 10.6 Å². The van der Waals surface area contributed by atoms with Crippen LogP contribution in [0.4, 0.5) is 5.13 Å². The molecule has 0 aliphatic rings. The Morgan fingerprint density at radius 2 is 2.00 bits per heavy atom. The lowest BCUT2D eigenvalue weighted by Gasteiger charge is -2.20. The number of thiophene rings is 1. The lowest BCUT2D eigenvalue weighted by molar-refractivity contribution is -0.126. The Morgan fingerprint density at radius 3 is 2.55 bits per heavy atom. The van der Waals surface area contributed by atoms with Crippen LogP contribution in [0.5, 0.6) is 0 Å². The summed E-state index contributed by atoms with van der Waals surface area (Å²) in [5.41, 5.74) is 0.860. The van der Waals surface area contributed by atoms with E-state index in [2.05, 4.69) is 15.6 Å². The molecular formula is C15H19N3O2S2. The van der Waals surface area contributed by atoms with Gasteiger partial charge in [-0.1, -0.05) is 13.8 Å². The second-order valence-corrected chi connectivity index (χ2v) is 7.51. The number of aryl methyl sites for hydroxylation is 1. The first kappa shape index (κ1) is 16.6. The van der Waals surface area contributed by atoms with Gasteiger partial charge in [-0.3, -0.25) is 9.59 Å². The van der Waals surface area contributed by atoms with E-state index < -0.39 is 6.04 Å². The first-order valence-corrected chi connectivity index (χ1v) is 8.66. The average molecular weight is 337 g/mol. The van der Waals surface area contributed by atoms with Gasteiger partial charge in [-0.15, -0.1) is 22.7 Å². The first-order chi connectivity index (χ1) is 10.4. The predicted octanol–water partition coefficient (Wildman–Crippen LogP) is 3.28. The lowest BCUT2D eigenvalue weighted by atomic mass is 10.0. The molecule has 0 saturated heterocycles. The lowest BCUT2D eigenvalue weighted by Crippen LogP contribution is -2.46. The zero-order chi connectivity index (χ0) is 16.3. The van der Waals surface area contributed by atoms with Gasteiger partial charge in [0, 0.05) is 17.2 Å². The maximum atomic E-state index is 12.3. The second-order valence-electron chi connectivity index (χ2n) is 5.36. The van der Waals surface area contributed by atoms with Crippen molar-refractivity contribution in [3.8, 4) is 10.6 Å². The molecule has 7 heteroatoms. The van der Waals surface area contributed by atoms with Crippen molar-refractivity contribution in [1.29, 1.82) is 0 Å². The van der Waals surface area contributed by atoms with Crippen LogP contribution in [-0.4, -0.2) is 22.8 Å². The number of nitrogens with zero attached hydrogens (tertiary/aromatic N) is 1. The van der Waals surface area contributed by atoms with E-state index in [0.29, 0.717) is 5.13 Å². The van der Waals surface area contributed by atoms with Gasteiger partial charge in [0.15, 0.2) is 5.13 Å². The van der Waals surface area contributed by atoms with Crippen LogP contribution in [0.1, 0.15) is 25.6 Å². The van der Waals surface area contributed by atoms with E-state index in [0.717, 1.165) is 10.6 Å². The molecule has 22 heavy (non-hydrogen) atoms. The number of nitrogens with one attached hydrogen (secondary N) is 2. The van der Waals surface area contributed by atoms with Crippen molar-refractivity contribution in [2.24, 2.45) is 5.92 Å². The molecule has 0 unspecified atom stereocenters. The van der Waals surface area contributed by atoms with Crippen molar-refractivity contribution in [3.05, 3.63) is 22.4 Å². The molecule has 0 aliphatic heterocycles. The Morgan fingerprint density at radius 1 is 1.27 bits per heavy atom. The molecule has 2 aromatic rings. The Kier molecular flexibility index (Phi) is 5.31. The molecule has 118 valence electrons. The molecule has 2 N–H and O–H groups in total. The summed E-state index contributed by atoms with van der Waals surface area (Å²) in [7, 11) is 0. The zero-order valence-corrected chi connectivity index (χ0v) is 14.6. The van der Waals surface area contributed by atoms with E-state index in [1.165, 1.54) is 23.1 Å². The maximum Gasteiger partial charge on any atom is 0.248 e. The van der Waals surface area contributed by atoms with E-state index in [9.17, 15) is 9.59 Å². The van der Waals surface area contributed by atoms with Crippen LogP contribution in [0.3, 0.4) is 0 Å². The van der Waals surface area contributed by atoms with Crippen LogP contribution < -0.4 is 10.6 Å². The molecule has 2 heterocycles. The highest BCUT2D eigenvalue weighted by atomic mass is 32.1. The highest BCUT2D eigenvalue weighted by Gasteiger charge is 2.23.